The minimum atomic E-state index is -1.54. The van der Waals surface area contributed by atoms with Crippen LogP contribution in [0, 0.1) is 0 Å². The van der Waals surface area contributed by atoms with Crippen LogP contribution in [0.1, 0.15) is 34.8 Å². The molecular weight excluding hydrogens is 652 g/mol. The van der Waals surface area contributed by atoms with Crippen LogP contribution in [-0.2, 0) is 22.5 Å². The first-order chi connectivity index (χ1) is 24.5. The van der Waals surface area contributed by atoms with Crippen molar-refractivity contribution in [2.75, 3.05) is 13.2 Å². The number of halogens is 1. The molecular formula is C39H35ClN6O4. The fourth-order valence-corrected chi connectivity index (χ4v) is 6.05. The molecule has 252 valence electrons. The Morgan fingerprint density at radius 1 is 0.920 bits per heavy atom. The third kappa shape index (κ3) is 7.97. The van der Waals surface area contributed by atoms with E-state index in [1.54, 1.807) is 30.3 Å². The van der Waals surface area contributed by atoms with E-state index in [-0.39, 0.29) is 18.9 Å². The minimum absolute atomic E-state index is 0.0390. The minimum Gasteiger partial charge on any atom is -0.494 e. The molecule has 50 heavy (non-hydrogen) atoms. The normalized spacial score (nSPS) is 16.5. The maximum Gasteiger partial charge on any atom is 0.266 e. The molecule has 0 unspecified atom stereocenters. The lowest BCUT2D eigenvalue weighted by molar-refractivity contribution is -0.130. The highest BCUT2D eigenvalue weighted by atomic mass is 35.5. The van der Waals surface area contributed by atoms with E-state index in [1.807, 2.05) is 97.1 Å². The lowest BCUT2D eigenvalue weighted by Crippen LogP contribution is -2.53. The summed E-state index contributed by atoms with van der Waals surface area (Å²) in [7, 11) is 0. The Morgan fingerprint density at radius 2 is 1.64 bits per heavy atom. The molecule has 10 nitrogen and oxygen atoms in total. The Kier molecular flexibility index (Phi) is 11.1. The van der Waals surface area contributed by atoms with E-state index >= 15 is 0 Å². The van der Waals surface area contributed by atoms with E-state index in [0.717, 1.165) is 22.3 Å². The Hall–Kier alpha value is -5.64. The highest BCUT2D eigenvalue weighted by Gasteiger charge is 2.53. The predicted molar refractivity (Wildman–Crippen MR) is 194 cm³/mol. The molecule has 0 spiro atoms. The summed E-state index contributed by atoms with van der Waals surface area (Å²) in [6, 6.07) is 39.6. The molecule has 3 N–H and O–H groups in total. The van der Waals surface area contributed by atoms with Gasteiger partial charge in [-0.05, 0) is 69.7 Å². The number of ether oxygens (including phenoxy) is 2. The Bertz CT molecular complexity index is 2000. The summed E-state index contributed by atoms with van der Waals surface area (Å²) in [6.07, 6.45) is -0.290. The van der Waals surface area contributed by atoms with Crippen LogP contribution in [-0.4, -0.2) is 35.7 Å². The van der Waals surface area contributed by atoms with Crippen LogP contribution in [0.25, 0.3) is 21.6 Å². The van der Waals surface area contributed by atoms with Gasteiger partial charge >= 0.3 is 0 Å². The van der Waals surface area contributed by atoms with E-state index in [2.05, 4.69) is 20.9 Å². The monoisotopic (exact) mass is 686 g/mol. The van der Waals surface area contributed by atoms with Crippen molar-refractivity contribution in [3.63, 3.8) is 0 Å². The SMILES string of the molecule is [N-]=[N+]=Nc1ccccc1C[C@]1(C(=O)NNCc2cccc(Cl)c2)N=C(c2ccc(OCCCO)cc2)O[C@H]1c1ccc(-c2ccccc2)cc1. The van der Waals surface area contributed by atoms with Crippen molar-refractivity contribution in [3.05, 3.63) is 165 Å². The third-order valence-corrected chi connectivity index (χ3v) is 8.57. The number of benzene rings is 5. The van der Waals surface area contributed by atoms with Crippen molar-refractivity contribution < 1.29 is 19.4 Å². The van der Waals surface area contributed by atoms with Gasteiger partial charge < -0.3 is 14.6 Å². The second-order valence-electron chi connectivity index (χ2n) is 11.7. The number of hydrogen-bond acceptors (Lipinski definition) is 7. The second kappa shape index (κ2) is 16.2. The van der Waals surface area contributed by atoms with Gasteiger partial charge in [0, 0.05) is 47.2 Å². The molecule has 0 fully saturated rings. The van der Waals surface area contributed by atoms with Gasteiger partial charge in [-0.25, -0.2) is 10.4 Å². The van der Waals surface area contributed by atoms with Crippen molar-refractivity contribution in [1.82, 2.24) is 10.9 Å². The van der Waals surface area contributed by atoms with Gasteiger partial charge in [0.05, 0.1) is 6.61 Å². The molecule has 1 heterocycles. The molecule has 5 aromatic carbocycles. The first-order valence-corrected chi connectivity index (χ1v) is 16.5. The average molecular weight is 687 g/mol. The van der Waals surface area contributed by atoms with Crippen molar-refractivity contribution in [2.45, 2.75) is 31.0 Å². The van der Waals surface area contributed by atoms with E-state index in [0.29, 0.717) is 47.2 Å². The highest BCUT2D eigenvalue weighted by molar-refractivity contribution is 6.30. The lowest BCUT2D eigenvalue weighted by Gasteiger charge is -2.31. The molecule has 0 saturated carbocycles. The summed E-state index contributed by atoms with van der Waals surface area (Å²) in [6.45, 7) is 0.727. The zero-order chi connectivity index (χ0) is 34.8. The molecule has 0 radical (unpaired) electrons. The van der Waals surface area contributed by atoms with Crippen LogP contribution >= 0.6 is 11.6 Å². The van der Waals surface area contributed by atoms with Crippen LogP contribution in [0.5, 0.6) is 5.75 Å². The molecule has 5 aromatic rings. The number of rotatable bonds is 14. The van der Waals surface area contributed by atoms with Gasteiger partial charge in [-0.3, -0.25) is 10.2 Å². The topological polar surface area (TPSA) is 141 Å². The quantitative estimate of drug-likeness (QED) is 0.0357. The van der Waals surface area contributed by atoms with Crippen LogP contribution in [0.3, 0.4) is 0 Å². The van der Waals surface area contributed by atoms with Crippen LogP contribution in [0.4, 0.5) is 5.69 Å². The first-order valence-electron chi connectivity index (χ1n) is 16.2. The van der Waals surface area contributed by atoms with Gasteiger partial charge in [0.25, 0.3) is 5.91 Å². The molecule has 2 atom stereocenters. The lowest BCUT2D eigenvalue weighted by atomic mass is 9.81. The highest BCUT2D eigenvalue weighted by Crippen LogP contribution is 2.44. The first kappa shape index (κ1) is 34.2. The van der Waals surface area contributed by atoms with E-state index in [1.165, 1.54) is 0 Å². The molecule has 0 bridgehead atoms. The van der Waals surface area contributed by atoms with Crippen LogP contribution in [0.2, 0.25) is 5.02 Å². The summed E-state index contributed by atoms with van der Waals surface area (Å²) < 4.78 is 12.4. The van der Waals surface area contributed by atoms with E-state index < -0.39 is 17.6 Å². The maximum atomic E-state index is 14.6. The molecule has 0 aliphatic carbocycles. The third-order valence-electron chi connectivity index (χ3n) is 8.34. The number of carbonyl (C=O) groups is 1. The van der Waals surface area contributed by atoms with Gasteiger partial charge in [0.2, 0.25) is 5.90 Å². The zero-order valence-corrected chi connectivity index (χ0v) is 27.8. The van der Waals surface area contributed by atoms with Gasteiger partial charge in [0.1, 0.15) is 5.75 Å². The summed E-state index contributed by atoms with van der Waals surface area (Å²) in [5.41, 5.74) is 19.1. The number of amides is 1. The number of hydrazine groups is 1. The van der Waals surface area contributed by atoms with Crippen molar-refractivity contribution >= 4 is 29.1 Å². The second-order valence-corrected chi connectivity index (χ2v) is 12.1. The fraction of sp³-hybridized carbons (Fsp3) is 0.179. The maximum absolute atomic E-state index is 14.6. The van der Waals surface area contributed by atoms with Gasteiger partial charge in [-0.15, -0.1) is 0 Å². The number of nitrogens with zero attached hydrogens (tertiary/aromatic N) is 4. The number of nitrogens with one attached hydrogen (secondary N) is 2. The number of carbonyl (C=O) groups excluding carboxylic acids is 1. The number of aliphatic hydroxyl groups excluding tert-OH is 1. The average Bonchev–Trinajstić information content (AvgIpc) is 3.54. The summed E-state index contributed by atoms with van der Waals surface area (Å²) >= 11 is 6.19. The molecule has 6 rings (SSSR count). The number of aliphatic imine (C=N–C) groups is 1. The number of hydrogen-bond donors (Lipinski definition) is 3. The number of azide groups is 1. The summed E-state index contributed by atoms with van der Waals surface area (Å²) in [4.78, 5) is 22.7. The van der Waals surface area contributed by atoms with Crippen molar-refractivity contribution in [3.8, 4) is 16.9 Å². The van der Waals surface area contributed by atoms with Crippen LogP contribution in [0.15, 0.2) is 138 Å². The summed E-state index contributed by atoms with van der Waals surface area (Å²) in [5, 5.41) is 13.6. The Morgan fingerprint density at radius 3 is 2.38 bits per heavy atom. The molecule has 0 aromatic heterocycles. The van der Waals surface area contributed by atoms with Gasteiger partial charge in [-0.1, -0.05) is 108 Å². The van der Waals surface area contributed by atoms with E-state index in [9.17, 15) is 10.3 Å². The molecule has 1 aliphatic heterocycles. The molecule has 1 amide bonds. The van der Waals surface area contributed by atoms with E-state index in [4.69, 9.17) is 31.2 Å². The molecule has 0 saturated heterocycles. The van der Waals surface area contributed by atoms with Crippen LogP contribution < -0.4 is 15.6 Å². The van der Waals surface area contributed by atoms with Crippen molar-refractivity contribution in [2.24, 2.45) is 10.1 Å². The Balaban J connectivity index is 1.41. The Labute approximate surface area is 295 Å². The smallest absolute Gasteiger partial charge is 0.266 e. The zero-order valence-electron chi connectivity index (χ0n) is 27.1. The molecule has 11 heteroatoms. The largest absolute Gasteiger partial charge is 0.494 e. The standard InChI is InChI=1S/C39H35ClN6O4/c40-33-12-6-8-27(24-33)26-42-45-38(48)39(25-32-11-4-5-13-35(32)44-46-41)36(30-16-14-29(15-17-30)28-9-2-1-3-10-28)50-37(43-39)31-18-20-34(21-19-31)49-23-7-22-47/h1-6,8-21,24,36,42,47H,7,22-23,25-26H2,(H,45,48)/t36-,39-/m0/s1. The van der Waals surface area contributed by atoms with Gasteiger partial charge in [-0.2, -0.15) is 0 Å². The van der Waals surface area contributed by atoms with Gasteiger partial charge in [0.15, 0.2) is 11.6 Å². The van der Waals surface area contributed by atoms with Crippen molar-refractivity contribution in [1.29, 1.82) is 0 Å². The summed E-state index contributed by atoms with van der Waals surface area (Å²) in [5.74, 6) is 0.466. The molecule has 1 aliphatic rings. The number of aliphatic hydroxyl groups is 1. The fourth-order valence-electron chi connectivity index (χ4n) is 5.84. The predicted octanol–water partition coefficient (Wildman–Crippen LogP) is 8.03.